The Bertz CT molecular complexity index is 476. The van der Waals surface area contributed by atoms with Crippen molar-refractivity contribution < 1.29 is 4.39 Å². The molecule has 0 saturated carbocycles. The third-order valence-electron chi connectivity index (χ3n) is 2.84. The van der Waals surface area contributed by atoms with Gasteiger partial charge in [-0.05, 0) is 37.1 Å². The minimum atomic E-state index is -0.199. The lowest BCUT2D eigenvalue weighted by Crippen LogP contribution is -2.28. The summed E-state index contributed by atoms with van der Waals surface area (Å²) in [6.45, 7) is 4.22. The SMILES string of the molecule is CC(C)NC(c1ccccc1)c1ccc(F)cc1. The predicted octanol–water partition coefficient (Wildman–Crippen LogP) is 3.91. The van der Waals surface area contributed by atoms with E-state index in [2.05, 4.69) is 31.3 Å². The van der Waals surface area contributed by atoms with Crippen LogP contribution in [0.5, 0.6) is 0 Å². The van der Waals surface area contributed by atoms with Gasteiger partial charge in [-0.1, -0.05) is 42.5 Å². The van der Waals surface area contributed by atoms with E-state index in [-0.39, 0.29) is 11.9 Å². The van der Waals surface area contributed by atoms with E-state index in [9.17, 15) is 4.39 Å². The summed E-state index contributed by atoms with van der Waals surface area (Å²) in [5.74, 6) is -0.199. The second-order valence-corrected chi connectivity index (χ2v) is 4.72. The molecule has 2 aromatic rings. The highest BCUT2D eigenvalue weighted by molar-refractivity contribution is 5.31. The van der Waals surface area contributed by atoms with Crippen molar-refractivity contribution in [3.05, 3.63) is 71.5 Å². The maximum Gasteiger partial charge on any atom is 0.123 e. The van der Waals surface area contributed by atoms with Crippen LogP contribution in [0.2, 0.25) is 0 Å². The molecule has 0 heterocycles. The van der Waals surface area contributed by atoms with Crippen molar-refractivity contribution in [3.63, 3.8) is 0 Å². The molecule has 18 heavy (non-hydrogen) atoms. The fourth-order valence-electron chi connectivity index (χ4n) is 2.02. The highest BCUT2D eigenvalue weighted by Gasteiger charge is 2.14. The summed E-state index contributed by atoms with van der Waals surface area (Å²) in [5.41, 5.74) is 2.27. The van der Waals surface area contributed by atoms with Crippen LogP contribution in [0.25, 0.3) is 0 Å². The van der Waals surface area contributed by atoms with Gasteiger partial charge in [0.05, 0.1) is 6.04 Å². The lowest BCUT2D eigenvalue weighted by molar-refractivity contribution is 0.527. The molecule has 0 amide bonds. The maximum absolute atomic E-state index is 13.0. The van der Waals surface area contributed by atoms with Crippen LogP contribution in [0.15, 0.2) is 54.6 Å². The molecule has 0 radical (unpaired) electrons. The minimum absolute atomic E-state index is 0.104. The van der Waals surface area contributed by atoms with E-state index in [4.69, 9.17) is 0 Å². The van der Waals surface area contributed by atoms with Crippen molar-refractivity contribution in [2.24, 2.45) is 0 Å². The molecule has 0 aliphatic heterocycles. The van der Waals surface area contributed by atoms with Gasteiger partial charge in [-0.2, -0.15) is 0 Å². The molecule has 1 nitrogen and oxygen atoms in total. The Kier molecular flexibility index (Phi) is 4.11. The second kappa shape index (κ2) is 5.78. The van der Waals surface area contributed by atoms with Crippen LogP contribution < -0.4 is 5.32 Å². The zero-order valence-electron chi connectivity index (χ0n) is 10.7. The second-order valence-electron chi connectivity index (χ2n) is 4.72. The molecular weight excluding hydrogens is 225 g/mol. The molecule has 94 valence electrons. The van der Waals surface area contributed by atoms with Gasteiger partial charge in [-0.15, -0.1) is 0 Å². The van der Waals surface area contributed by atoms with Gasteiger partial charge in [0.1, 0.15) is 5.82 Å². The van der Waals surface area contributed by atoms with E-state index in [0.29, 0.717) is 6.04 Å². The zero-order chi connectivity index (χ0) is 13.0. The van der Waals surface area contributed by atoms with Crippen LogP contribution >= 0.6 is 0 Å². The molecule has 0 aromatic heterocycles. The summed E-state index contributed by atoms with van der Waals surface area (Å²) < 4.78 is 13.0. The largest absolute Gasteiger partial charge is 0.304 e. The van der Waals surface area contributed by atoms with Gasteiger partial charge in [0.2, 0.25) is 0 Å². The predicted molar refractivity (Wildman–Crippen MR) is 73.0 cm³/mol. The Balaban J connectivity index is 2.33. The van der Waals surface area contributed by atoms with Crippen molar-refractivity contribution in [2.75, 3.05) is 0 Å². The number of rotatable bonds is 4. The molecule has 0 saturated heterocycles. The first kappa shape index (κ1) is 12.8. The van der Waals surface area contributed by atoms with E-state index in [1.807, 2.05) is 30.3 Å². The monoisotopic (exact) mass is 243 g/mol. The van der Waals surface area contributed by atoms with Gasteiger partial charge in [0.25, 0.3) is 0 Å². The molecule has 0 fully saturated rings. The Morgan fingerprint density at radius 1 is 0.833 bits per heavy atom. The summed E-state index contributed by atoms with van der Waals surface area (Å²) in [7, 11) is 0. The van der Waals surface area contributed by atoms with Crippen LogP contribution in [0.1, 0.15) is 31.0 Å². The quantitative estimate of drug-likeness (QED) is 0.858. The Labute approximate surface area is 108 Å². The van der Waals surface area contributed by atoms with E-state index < -0.39 is 0 Å². The van der Waals surface area contributed by atoms with Crippen LogP contribution in [0.3, 0.4) is 0 Å². The highest BCUT2D eigenvalue weighted by atomic mass is 19.1. The van der Waals surface area contributed by atoms with E-state index >= 15 is 0 Å². The van der Waals surface area contributed by atoms with Gasteiger partial charge in [0.15, 0.2) is 0 Å². The first-order chi connectivity index (χ1) is 8.66. The summed E-state index contributed by atoms with van der Waals surface area (Å²) in [4.78, 5) is 0. The van der Waals surface area contributed by atoms with Gasteiger partial charge in [-0.3, -0.25) is 0 Å². The molecule has 0 bridgehead atoms. The molecule has 2 rings (SSSR count). The van der Waals surface area contributed by atoms with E-state index in [1.54, 1.807) is 0 Å². The lowest BCUT2D eigenvalue weighted by Gasteiger charge is -2.22. The fourth-order valence-corrected chi connectivity index (χ4v) is 2.02. The number of benzene rings is 2. The standard InChI is InChI=1S/C16H18FN/c1-12(2)18-16(13-6-4-3-5-7-13)14-8-10-15(17)11-9-14/h3-12,16,18H,1-2H3. The summed E-state index contributed by atoms with van der Waals surface area (Å²) in [6, 6.07) is 17.4. The molecule has 1 unspecified atom stereocenters. The highest BCUT2D eigenvalue weighted by Crippen LogP contribution is 2.22. The van der Waals surface area contributed by atoms with Gasteiger partial charge < -0.3 is 5.32 Å². The number of hydrogen-bond donors (Lipinski definition) is 1. The Hall–Kier alpha value is -1.67. The molecule has 2 heteroatoms. The van der Waals surface area contributed by atoms with Crippen molar-refractivity contribution in [1.29, 1.82) is 0 Å². The molecule has 2 aromatic carbocycles. The topological polar surface area (TPSA) is 12.0 Å². The Morgan fingerprint density at radius 3 is 1.94 bits per heavy atom. The average Bonchev–Trinajstić information content (AvgIpc) is 2.38. The zero-order valence-corrected chi connectivity index (χ0v) is 10.7. The fraction of sp³-hybridized carbons (Fsp3) is 0.250. The smallest absolute Gasteiger partial charge is 0.123 e. The minimum Gasteiger partial charge on any atom is -0.304 e. The number of nitrogens with one attached hydrogen (secondary N) is 1. The van der Waals surface area contributed by atoms with Gasteiger partial charge in [0, 0.05) is 6.04 Å². The first-order valence-electron chi connectivity index (χ1n) is 6.23. The molecular formula is C16H18FN. The molecule has 0 aliphatic rings. The van der Waals surface area contributed by atoms with E-state index in [1.165, 1.54) is 17.7 Å². The van der Waals surface area contributed by atoms with Gasteiger partial charge in [-0.25, -0.2) is 4.39 Å². The normalized spacial score (nSPS) is 12.7. The van der Waals surface area contributed by atoms with Crippen LogP contribution in [-0.4, -0.2) is 6.04 Å². The summed E-state index contributed by atoms with van der Waals surface area (Å²) in [5, 5.41) is 3.51. The van der Waals surface area contributed by atoms with Crippen molar-refractivity contribution in [1.82, 2.24) is 5.32 Å². The van der Waals surface area contributed by atoms with Crippen LogP contribution in [-0.2, 0) is 0 Å². The number of halogens is 1. The number of hydrogen-bond acceptors (Lipinski definition) is 1. The summed E-state index contributed by atoms with van der Waals surface area (Å²) in [6.07, 6.45) is 0. The van der Waals surface area contributed by atoms with Crippen molar-refractivity contribution in [2.45, 2.75) is 25.9 Å². The van der Waals surface area contributed by atoms with E-state index in [0.717, 1.165) is 5.56 Å². The maximum atomic E-state index is 13.0. The third-order valence-corrected chi connectivity index (χ3v) is 2.84. The lowest BCUT2D eigenvalue weighted by atomic mass is 9.98. The Morgan fingerprint density at radius 2 is 1.39 bits per heavy atom. The van der Waals surface area contributed by atoms with Crippen molar-refractivity contribution >= 4 is 0 Å². The van der Waals surface area contributed by atoms with Gasteiger partial charge >= 0.3 is 0 Å². The summed E-state index contributed by atoms with van der Waals surface area (Å²) >= 11 is 0. The third kappa shape index (κ3) is 3.17. The molecule has 0 aliphatic carbocycles. The average molecular weight is 243 g/mol. The molecule has 1 atom stereocenters. The van der Waals surface area contributed by atoms with Crippen molar-refractivity contribution in [3.8, 4) is 0 Å². The van der Waals surface area contributed by atoms with Crippen LogP contribution in [0, 0.1) is 5.82 Å². The van der Waals surface area contributed by atoms with Crippen LogP contribution in [0.4, 0.5) is 4.39 Å². The molecule has 0 spiro atoms. The first-order valence-corrected chi connectivity index (χ1v) is 6.23. The molecule has 1 N–H and O–H groups in total.